The van der Waals surface area contributed by atoms with E-state index in [1.165, 1.54) is 0 Å². The van der Waals surface area contributed by atoms with Gasteiger partial charge < -0.3 is 10.1 Å². The molecule has 31 heavy (non-hydrogen) atoms. The molecule has 0 fully saturated rings. The largest absolute Gasteiger partial charge is 0.379 e. The second-order valence-corrected chi connectivity index (χ2v) is 7.56. The van der Waals surface area contributed by atoms with Gasteiger partial charge in [0.15, 0.2) is 5.65 Å². The zero-order valence-corrected chi connectivity index (χ0v) is 17.8. The van der Waals surface area contributed by atoms with E-state index < -0.39 is 0 Å². The number of carbonyl (C=O) groups is 1. The first-order valence-electron chi connectivity index (χ1n) is 10.5. The summed E-state index contributed by atoms with van der Waals surface area (Å²) in [6, 6.07) is 21.4. The summed E-state index contributed by atoms with van der Waals surface area (Å²) >= 11 is 0. The minimum atomic E-state index is -0.0898. The summed E-state index contributed by atoms with van der Waals surface area (Å²) in [6.45, 7) is 5.23. The Hall–Kier alpha value is -3.51. The van der Waals surface area contributed by atoms with E-state index in [0.29, 0.717) is 18.7 Å². The molecule has 1 N–H and O–H groups in total. The van der Waals surface area contributed by atoms with Crippen LogP contribution in [-0.4, -0.2) is 39.7 Å². The minimum absolute atomic E-state index is 0.0898. The third kappa shape index (κ3) is 4.81. The third-order valence-electron chi connectivity index (χ3n) is 4.89. The lowest BCUT2D eigenvalue weighted by atomic mass is 10.1. The van der Waals surface area contributed by atoms with Crippen LogP contribution in [-0.2, 0) is 4.74 Å². The van der Waals surface area contributed by atoms with E-state index in [1.807, 2.05) is 85.1 Å². The van der Waals surface area contributed by atoms with E-state index in [0.717, 1.165) is 34.7 Å². The maximum absolute atomic E-state index is 12.5. The number of amides is 1. The molecule has 0 aliphatic rings. The van der Waals surface area contributed by atoms with Gasteiger partial charge in [0.2, 0.25) is 0 Å². The number of aromatic nitrogens is 3. The van der Waals surface area contributed by atoms with Gasteiger partial charge in [-0.05, 0) is 56.7 Å². The molecule has 2 heterocycles. The SMILES string of the molecule is CC(C)OCCCNC(=O)c1ccc(-n2c(-c3ccccc3)nc3cccnc32)cc1. The van der Waals surface area contributed by atoms with Crippen molar-refractivity contribution in [2.75, 3.05) is 13.2 Å². The van der Waals surface area contributed by atoms with Gasteiger partial charge in [-0.1, -0.05) is 30.3 Å². The van der Waals surface area contributed by atoms with Gasteiger partial charge in [0, 0.05) is 36.2 Å². The van der Waals surface area contributed by atoms with Gasteiger partial charge in [-0.3, -0.25) is 9.36 Å². The number of imidazole rings is 1. The first-order chi connectivity index (χ1) is 15.1. The van der Waals surface area contributed by atoms with Gasteiger partial charge in [-0.2, -0.15) is 0 Å². The number of fused-ring (bicyclic) bond motifs is 1. The lowest BCUT2D eigenvalue weighted by Gasteiger charge is -2.11. The number of hydrogen-bond donors (Lipinski definition) is 1. The summed E-state index contributed by atoms with van der Waals surface area (Å²) in [5.74, 6) is 0.727. The van der Waals surface area contributed by atoms with Gasteiger partial charge in [0.25, 0.3) is 5.91 Å². The summed E-state index contributed by atoms with van der Waals surface area (Å²) in [4.78, 5) is 21.8. The van der Waals surface area contributed by atoms with E-state index >= 15 is 0 Å². The molecule has 0 unspecified atom stereocenters. The van der Waals surface area contributed by atoms with E-state index in [4.69, 9.17) is 9.72 Å². The topological polar surface area (TPSA) is 69.0 Å². The maximum atomic E-state index is 12.5. The zero-order valence-electron chi connectivity index (χ0n) is 17.8. The molecule has 158 valence electrons. The Morgan fingerprint density at radius 1 is 1.03 bits per heavy atom. The van der Waals surface area contributed by atoms with Crippen LogP contribution in [0.1, 0.15) is 30.6 Å². The predicted molar refractivity (Wildman–Crippen MR) is 122 cm³/mol. The maximum Gasteiger partial charge on any atom is 0.251 e. The molecule has 0 bridgehead atoms. The number of ether oxygens (including phenoxy) is 1. The molecule has 0 aliphatic carbocycles. The van der Waals surface area contributed by atoms with Crippen LogP contribution in [0.3, 0.4) is 0 Å². The molecule has 2 aromatic heterocycles. The minimum Gasteiger partial charge on any atom is -0.379 e. The van der Waals surface area contributed by atoms with E-state index in [2.05, 4.69) is 10.3 Å². The fraction of sp³-hybridized carbons (Fsp3) is 0.240. The van der Waals surface area contributed by atoms with Gasteiger partial charge >= 0.3 is 0 Å². The van der Waals surface area contributed by atoms with Gasteiger partial charge in [0.1, 0.15) is 11.3 Å². The average molecular weight is 415 g/mol. The summed E-state index contributed by atoms with van der Waals surface area (Å²) in [5, 5.41) is 2.94. The molecular formula is C25H26N4O2. The fourth-order valence-corrected chi connectivity index (χ4v) is 3.39. The Morgan fingerprint density at radius 2 is 1.81 bits per heavy atom. The second-order valence-electron chi connectivity index (χ2n) is 7.56. The molecule has 6 heteroatoms. The molecule has 0 spiro atoms. The number of hydrogen-bond acceptors (Lipinski definition) is 4. The standard InChI is InChI=1S/C25H26N4O2/c1-18(2)31-17-7-16-27-25(30)20-11-13-21(14-12-20)29-23(19-8-4-3-5-9-19)28-22-10-6-15-26-24(22)29/h3-6,8-15,18H,7,16-17H2,1-2H3,(H,27,30). The van der Waals surface area contributed by atoms with Crippen molar-refractivity contribution < 1.29 is 9.53 Å². The highest BCUT2D eigenvalue weighted by molar-refractivity contribution is 5.94. The number of nitrogens with one attached hydrogen (secondary N) is 1. The van der Waals surface area contributed by atoms with Crippen LogP contribution in [0.5, 0.6) is 0 Å². The van der Waals surface area contributed by atoms with Crippen molar-refractivity contribution in [1.29, 1.82) is 0 Å². The van der Waals surface area contributed by atoms with Gasteiger partial charge in [0.05, 0.1) is 6.10 Å². The van der Waals surface area contributed by atoms with Gasteiger partial charge in [-0.25, -0.2) is 9.97 Å². The monoisotopic (exact) mass is 414 g/mol. The van der Waals surface area contributed by atoms with Crippen LogP contribution in [0.4, 0.5) is 0 Å². The Balaban J connectivity index is 1.56. The van der Waals surface area contributed by atoms with E-state index in [-0.39, 0.29) is 12.0 Å². The van der Waals surface area contributed by atoms with Gasteiger partial charge in [-0.15, -0.1) is 0 Å². The normalized spacial score (nSPS) is 11.2. The van der Waals surface area contributed by atoms with Crippen LogP contribution < -0.4 is 5.32 Å². The number of benzene rings is 2. The second kappa shape index (κ2) is 9.53. The highest BCUT2D eigenvalue weighted by Gasteiger charge is 2.15. The molecule has 4 rings (SSSR count). The van der Waals surface area contributed by atoms with Crippen LogP contribution >= 0.6 is 0 Å². The third-order valence-corrected chi connectivity index (χ3v) is 4.89. The molecule has 0 saturated heterocycles. The molecule has 0 saturated carbocycles. The summed E-state index contributed by atoms with van der Waals surface area (Å²) in [5.41, 5.74) is 4.13. The molecule has 1 amide bonds. The summed E-state index contributed by atoms with van der Waals surface area (Å²) in [7, 11) is 0. The highest BCUT2D eigenvalue weighted by atomic mass is 16.5. The van der Waals surface area contributed by atoms with E-state index in [9.17, 15) is 4.79 Å². The first kappa shape index (κ1) is 20.8. The molecule has 0 atom stereocenters. The van der Waals surface area contributed by atoms with Crippen LogP contribution in [0.25, 0.3) is 28.2 Å². The highest BCUT2D eigenvalue weighted by Crippen LogP contribution is 2.27. The number of nitrogens with zero attached hydrogens (tertiary/aromatic N) is 3. The molecule has 2 aromatic carbocycles. The van der Waals surface area contributed by atoms with Crippen LogP contribution in [0, 0.1) is 0 Å². The zero-order chi connectivity index (χ0) is 21.6. The predicted octanol–water partition coefficient (Wildman–Crippen LogP) is 4.63. The van der Waals surface area contributed by atoms with Crippen molar-refractivity contribution in [1.82, 2.24) is 19.9 Å². The van der Waals surface area contributed by atoms with Crippen molar-refractivity contribution in [3.8, 4) is 17.1 Å². The summed E-state index contributed by atoms with van der Waals surface area (Å²) in [6.07, 6.45) is 2.76. The van der Waals surface area contributed by atoms with Crippen molar-refractivity contribution in [3.05, 3.63) is 78.5 Å². The Morgan fingerprint density at radius 3 is 2.55 bits per heavy atom. The Kier molecular flexibility index (Phi) is 6.38. The van der Waals surface area contributed by atoms with Crippen molar-refractivity contribution in [2.45, 2.75) is 26.4 Å². The molecular weight excluding hydrogens is 388 g/mol. The average Bonchev–Trinajstić information content (AvgIpc) is 3.19. The Labute approximate surface area is 181 Å². The number of pyridine rings is 1. The molecule has 0 aliphatic heterocycles. The Bertz CT molecular complexity index is 1150. The summed E-state index contributed by atoms with van der Waals surface area (Å²) < 4.78 is 7.53. The van der Waals surface area contributed by atoms with E-state index in [1.54, 1.807) is 6.20 Å². The molecule has 4 aromatic rings. The van der Waals surface area contributed by atoms with Crippen molar-refractivity contribution in [2.24, 2.45) is 0 Å². The quantitative estimate of drug-likeness (QED) is 0.427. The van der Waals surface area contributed by atoms with Crippen LogP contribution in [0.15, 0.2) is 72.9 Å². The van der Waals surface area contributed by atoms with Crippen molar-refractivity contribution >= 4 is 17.1 Å². The lowest BCUT2D eigenvalue weighted by Crippen LogP contribution is -2.25. The van der Waals surface area contributed by atoms with Crippen LogP contribution in [0.2, 0.25) is 0 Å². The first-order valence-corrected chi connectivity index (χ1v) is 10.5. The molecule has 0 radical (unpaired) electrons. The molecule has 6 nitrogen and oxygen atoms in total. The number of carbonyl (C=O) groups excluding carboxylic acids is 1. The number of rotatable bonds is 8. The fourth-order valence-electron chi connectivity index (χ4n) is 3.39. The smallest absolute Gasteiger partial charge is 0.251 e. The lowest BCUT2D eigenvalue weighted by molar-refractivity contribution is 0.0757. The van der Waals surface area contributed by atoms with Crippen molar-refractivity contribution in [3.63, 3.8) is 0 Å².